The zero-order chi connectivity index (χ0) is 12.1. The number of hydrogen-bond acceptors (Lipinski definition) is 3. The quantitative estimate of drug-likeness (QED) is 0.823. The summed E-state index contributed by atoms with van der Waals surface area (Å²) in [5.74, 6) is 0.274. The summed E-state index contributed by atoms with van der Waals surface area (Å²) < 4.78 is 0. The van der Waals surface area contributed by atoms with E-state index in [0.29, 0.717) is 0 Å². The van der Waals surface area contributed by atoms with Crippen molar-refractivity contribution in [3.8, 4) is 0 Å². The van der Waals surface area contributed by atoms with Crippen LogP contribution in [0.25, 0.3) is 0 Å². The predicted octanol–water partition coefficient (Wildman–Crippen LogP) is 1.26. The van der Waals surface area contributed by atoms with Crippen LogP contribution in [0.4, 0.5) is 0 Å². The van der Waals surface area contributed by atoms with E-state index >= 15 is 0 Å². The zero-order valence-corrected chi connectivity index (χ0v) is 10.5. The Balaban J connectivity index is 1.88. The van der Waals surface area contributed by atoms with Gasteiger partial charge in [0, 0.05) is 32.7 Å². The minimum atomic E-state index is -0.355. The number of piperazine rings is 1. The molecule has 1 aromatic rings. The van der Waals surface area contributed by atoms with E-state index in [4.69, 9.17) is 0 Å². The van der Waals surface area contributed by atoms with Crippen molar-refractivity contribution < 1.29 is 5.11 Å². The zero-order valence-electron chi connectivity index (χ0n) is 10.5. The topological polar surface area (TPSA) is 35.5 Å². The van der Waals surface area contributed by atoms with Crippen molar-refractivity contribution in [2.75, 3.05) is 32.7 Å². The fourth-order valence-electron chi connectivity index (χ4n) is 2.38. The molecule has 2 rings (SSSR count). The maximum absolute atomic E-state index is 10.3. The van der Waals surface area contributed by atoms with Crippen LogP contribution in [0.5, 0.6) is 0 Å². The van der Waals surface area contributed by atoms with Crippen LogP contribution < -0.4 is 5.32 Å². The highest BCUT2D eigenvalue weighted by Gasteiger charge is 2.20. The maximum Gasteiger partial charge on any atom is 0.0827 e. The second-order valence-electron chi connectivity index (χ2n) is 4.88. The summed E-state index contributed by atoms with van der Waals surface area (Å²) in [5, 5.41) is 13.6. The van der Waals surface area contributed by atoms with Gasteiger partial charge in [0.25, 0.3) is 0 Å². The summed E-state index contributed by atoms with van der Waals surface area (Å²) >= 11 is 0. The van der Waals surface area contributed by atoms with Gasteiger partial charge in [-0.3, -0.25) is 0 Å². The van der Waals surface area contributed by atoms with Crippen molar-refractivity contribution in [3.05, 3.63) is 35.9 Å². The molecule has 0 aliphatic carbocycles. The minimum Gasteiger partial charge on any atom is -0.388 e. The molecule has 3 nitrogen and oxygen atoms in total. The third-order valence-corrected chi connectivity index (χ3v) is 3.44. The lowest BCUT2D eigenvalue weighted by Gasteiger charge is -2.31. The molecule has 17 heavy (non-hydrogen) atoms. The van der Waals surface area contributed by atoms with E-state index < -0.39 is 0 Å². The molecule has 0 amide bonds. The molecule has 0 bridgehead atoms. The van der Waals surface area contributed by atoms with Crippen molar-refractivity contribution >= 4 is 0 Å². The molecule has 0 spiro atoms. The van der Waals surface area contributed by atoms with Crippen LogP contribution in [-0.4, -0.2) is 42.7 Å². The van der Waals surface area contributed by atoms with Crippen LogP contribution in [0.3, 0.4) is 0 Å². The van der Waals surface area contributed by atoms with Gasteiger partial charge in [-0.05, 0) is 11.5 Å². The van der Waals surface area contributed by atoms with Crippen LogP contribution in [0, 0.1) is 5.92 Å². The van der Waals surface area contributed by atoms with Crippen molar-refractivity contribution in [3.63, 3.8) is 0 Å². The summed E-state index contributed by atoms with van der Waals surface area (Å²) in [7, 11) is 0. The first-order valence-electron chi connectivity index (χ1n) is 6.43. The highest BCUT2D eigenvalue weighted by Crippen LogP contribution is 2.22. The van der Waals surface area contributed by atoms with E-state index in [1.54, 1.807) is 0 Å². The van der Waals surface area contributed by atoms with Crippen LogP contribution in [0.15, 0.2) is 30.3 Å². The van der Waals surface area contributed by atoms with Crippen molar-refractivity contribution in [1.29, 1.82) is 0 Å². The van der Waals surface area contributed by atoms with Gasteiger partial charge >= 0.3 is 0 Å². The van der Waals surface area contributed by atoms with E-state index in [1.807, 2.05) is 30.3 Å². The Bertz CT molecular complexity index is 322. The molecule has 0 radical (unpaired) electrons. The van der Waals surface area contributed by atoms with Crippen LogP contribution in [0.2, 0.25) is 0 Å². The molecule has 0 aromatic heterocycles. The standard InChI is InChI=1S/C14H22N2O/c1-12(11-16-9-7-15-8-10-16)14(17)13-5-3-2-4-6-13/h2-6,12,14-15,17H,7-11H2,1H3. The van der Waals surface area contributed by atoms with Crippen LogP contribution in [-0.2, 0) is 0 Å². The maximum atomic E-state index is 10.3. The van der Waals surface area contributed by atoms with E-state index in [2.05, 4.69) is 17.1 Å². The molecule has 1 fully saturated rings. The molecule has 0 saturated carbocycles. The predicted molar refractivity (Wildman–Crippen MR) is 69.9 cm³/mol. The fraction of sp³-hybridized carbons (Fsp3) is 0.571. The minimum absolute atomic E-state index is 0.274. The molecule has 94 valence electrons. The van der Waals surface area contributed by atoms with E-state index in [-0.39, 0.29) is 12.0 Å². The average Bonchev–Trinajstić information content (AvgIpc) is 2.40. The normalized spacial score (nSPS) is 21.1. The van der Waals surface area contributed by atoms with Crippen molar-refractivity contribution in [1.82, 2.24) is 10.2 Å². The number of benzene rings is 1. The van der Waals surface area contributed by atoms with Gasteiger partial charge in [-0.15, -0.1) is 0 Å². The van der Waals surface area contributed by atoms with Gasteiger partial charge in [0.1, 0.15) is 0 Å². The number of aliphatic hydroxyl groups is 1. The molecule has 1 saturated heterocycles. The first-order chi connectivity index (χ1) is 8.27. The van der Waals surface area contributed by atoms with Gasteiger partial charge < -0.3 is 15.3 Å². The third-order valence-electron chi connectivity index (χ3n) is 3.44. The Morgan fingerprint density at radius 1 is 1.24 bits per heavy atom. The lowest BCUT2D eigenvalue weighted by molar-refractivity contribution is 0.0842. The summed E-state index contributed by atoms with van der Waals surface area (Å²) in [6.07, 6.45) is -0.355. The number of hydrogen-bond donors (Lipinski definition) is 2. The Morgan fingerprint density at radius 2 is 1.88 bits per heavy atom. The Hall–Kier alpha value is -0.900. The molecular formula is C14H22N2O. The molecule has 2 atom stereocenters. The summed E-state index contributed by atoms with van der Waals surface area (Å²) in [6, 6.07) is 9.95. The van der Waals surface area contributed by atoms with E-state index in [0.717, 1.165) is 38.3 Å². The molecule has 1 aliphatic heterocycles. The summed E-state index contributed by atoms with van der Waals surface area (Å²) in [6.45, 7) is 7.40. The number of nitrogens with zero attached hydrogens (tertiary/aromatic N) is 1. The highest BCUT2D eigenvalue weighted by atomic mass is 16.3. The fourth-order valence-corrected chi connectivity index (χ4v) is 2.38. The molecule has 1 aliphatic rings. The average molecular weight is 234 g/mol. The molecule has 1 aromatic carbocycles. The Labute approximate surface area is 103 Å². The second kappa shape index (κ2) is 6.15. The van der Waals surface area contributed by atoms with Gasteiger partial charge in [-0.25, -0.2) is 0 Å². The molecule has 1 heterocycles. The Kier molecular flexibility index (Phi) is 4.54. The SMILES string of the molecule is CC(CN1CCNCC1)C(O)c1ccccc1. The number of aliphatic hydroxyl groups excluding tert-OH is 1. The lowest BCUT2D eigenvalue weighted by Crippen LogP contribution is -2.45. The van der Waals surface area contributed by atoms with Gasteiger partial charge in [0.05, 0.1) is 6.10 Å². The second-order valence-corrected chi connectivity index (χ2v) is 4.88. The Morgan fingerprint density at radius 3 is 2.53 bits per heavy atom. The number of rotatable bonds is 4. The monoisotopic (exact) mass is 234 g/mol. The van der Waals surface area contributed by atoms with Crippen molar-refractivity contribution in [2.45, 2.75) is 13.0 Å². The lowest BCUT2D eigenvalue weighted by atomic mass is 9.97. The van der Waals surface area contributed by atoms with Crippen LogP contribution >= 0.6 is 0 Å². The van der Waals surface area contributed by atoms with E-state index in [9.17, 15) is 5.11 Å². The van der Waals surface area contributed by atoms with Crippen molar-refractivity contribution in [2.24, 2.45) is 5.92 Å². The van der Waals surface area contributed by atoms with Gasteiger partial charge in [-0.2, -0.15) is 0 Å². The molecule has 2 unspecified atom stereocenters. The molecule has 3 heteroatoms. The largest absolute Gasteiger partial charge is 0.388 e. The van der Waals surface area contributed by atoms with Gasteiger partial charge in [0.15, 0.2) is 0 Å². The number of nitrogens with one attached hydrogen (secondary N) is 1. The summed E-state index contributed by atoms with van der Waals surface area (Å²) in [4.78, 5) is 2.42. The van der Waals surface area contributed by atoms with Crippen LogP contribution in [0.1, 0.15) is 18.6 Å². The van der Waals surface area contributed by atoms with Gasteiger partial charge in [0.2, 0.25) is 0 Å². The first kappa shape index (κ1) is 12.6. The highest BCUT2D eigenvalue weighted by molar-refractivity contribution is 5.17. The first-order valence-corrected chi connectivity index (χ1v) is 6.43. The third kappa shape index (κ3) is 3.53. The van der Waals surface area contributed by atoms with Gasteiger partial charge in [-0.1, -0.05) is 37.3 Å². The van der Waals surface area contributed by atoms with E-state index in [1.165, 1.54) is 0 Å². The molecule has 2 N–H and O–H groups in total. The smallest absolute Gasteiger partial charge is 0.0827 e. The summed E-state index contributed by atoms with van der Waals surface area (Å²) in [5.41, 5.74) is 1.02. The molecular weight excluding hydrogens is 212 g/mol.